The van der Waals surface area contributed by atoms with E-state index in [4.69, 9.17) is 23.2 Å². The van der Waals surface area contributed by atoms with Gasteiger partial charge in [0.25, 0.3) is 0 Å². The summed E-state index contributed by atoms with van der Waals surface area (Å²) in [5.74, 6) is 0.431. The topological polar surface area (TPSA) is 71.0 Å². The van der Waals surface area contributed by atoms with Crippen molar-refractivity contribution in [2.24, 2.45) is 0 Å². The smallest absolute Gasteiger partial charge is 0.228 e. The fourth-order valence-corrected chi connectivity index (χ4v) is 2.17. The summed E-state index contributed by atoms with van der Waals surface area (Å²) in [5.41, 5.74) is 0. The maximum atomic E-state index is 11.8. The first-order valence-corrected chi connectivity index (χ1v) is 6.49. The molecule has 0 unspecified atom stereocenters. The predicted octanol–water partition coefficient (Wildman–Crippen LogP) is 1.60. The first kappa shape index (κ1) is 13.3. The van der Waals surface area contributed by atoms with Crippen molar-refractivity contribution in [1.29, 1.82) is 0 Å². The Balaban J connectivity index is 1.79. The highest BCUT2D eigenvalue weighted by atomic mass is 35.5. The van der Waals surface area contributed by atoms with Crippen molar-refractivity contribution in [3.8, 4) is 0 Å². The molecule has 8 heteroatoms. The van der Waals surface area contributed by atoms with Crippen LogP contribution in [0.25, 0.3) is 0 Å². The Morgan fingerprint density at radius 3 is 2.39 bits per heavy atom. The van der Waals surface area contributed by atoms with E-state index < -0.39 is 0 Å². The summed E-state index contributed by atoms with van der Waals surface area (Å²) >= 11 is 11.3. The van der Waals surface area contributed by atoms with Gasteiger partial charge in [-0.1, -0.05) is 0 Å². The molecule has 0 aliphatic carbocycles. The van der Waals surface area contributed by atoms with Crippen LogP contribution < -0.4 is 5.32 Å². The van der Waals surface area contributed by atoms with Crippen molar-refractivity contribution in [2.45, 2.75) is 19.3 Å². The Kier molecular flexibility index (Phi) is 4.54. The third-order valence-electron chi connectivity index (χ3n) is 2.66. The Labute approximate surface area is 115 Å². The Bertz CT molecular complexity index is 416. The van der Waals surface area contributed by atoms with Gasteiger partial charge in [0, 0.05) is 26.1 Å². The maximum Gasteiger partial charge on any atom is 0.228 e. The summed E-state index contributed by atoms with van der Waals surface area (Å²) in [4.78, 5) is 25.0. The lowest BCUT2D eigenvalue weighted by atomic mass is 10.3. The number of aromatic nitrogens is 3. The van der Waals surface area contributed by atoms with Crippen LogP contribution in [0, 0.1) is 0 Å². The van der Waals surface area contributed by atoms with Gasteiger partial charge in [0.05, 0.1) is 0 Å². The van der Waals surface area contributed by atoms with Gasteiger partial charge in [0.15, 0.2) is 0 Å². The Morgan fingerprint density at radius 1 is 1.17 bits per heavy atom. The standard InChI is InChI=1S/C10H13Cl2N5O/c11-8-14-9(12)16-10(15-8)13-4-3-7(18)17-5-1-2-6-17/h1-6H2,(H,13,14,15,16). The lowest BCUT2D eigenvalue weighted by Crippen LogP contribution is -2.29. The number of likely N-dealkylation sites (tertiary alicyclic amines) is 1. The summed E-state index contributed by atoms with van der Waals surface area (Å²) in [6.07, 6.45) is 2.59. The molecule has 1 aliphatic rings. The van der Waals surface area contributed by atoms with Gasteiger partial charge < -0.3 is 10.2 Å². The normalized spacial score (nSPS) is 14.9. The number of carbonyl (C=O) groups excluding carboxylic acids is 1. The molecule has 1 fully saturated rings. The fraction of sp³-hybridized carbons (Fsp3) is 0.600. The predicted molar refractivity (Wildman–Crippen MR) is 68.8 cm³/mol. The van der Waals surface area contributed by atoms with Crippen LogP contribution in [0.1, 0.15) is 19.3 Å². The average molecular weight is 290 g/mol. The quantitative estimate of drug-likeness (QED) is 0.912. The van der Waals surface area contributed by atoms with Gasteiger partial charge in [-0.05, 0) is 36.0 Å². The number of halogens is 2. The molecule has 1 aliphatic heterocycles. The van der Waals surface area contributed by atoms with Crippen LogP contribution in [0.3, 0.4) is 0 Å². The molecular weight excluding hydrogens is 277 g/mol. The van der Waals surface area contributed by atoms with E-state index in [0.717, 1.165) is 25.9 Å². The third-order valence-corrected chi connectivity index (χ3v) is 3.00. The molecule has 2 rings (SSSR count). The molecule has 0 saturated carbocycles. The zero-order valence-electron chi connectivity index (χ0n) is 9.70. The van der Waals surface area contributed by atoms with Crippen LogP contribution in [0.4, 0.5) is 5.95 Å². The number of rotatable bonds is 4. The molecule has 98 valence electrons. The molecule has 1 amide bonds. The lowest BCUT2D eigenvalue weighted by Gasteiger charge is -2.15. The molecule has 0 spiro atoms. The minimum atomic E-state index is 0.0309. The highest BCUT2D eigenvalue weighted by Gasteiger charge is 2.17. The third kappa shape index (κ3) is 3.68. The van der Waals surface area contributed by atoms with Crippen molar-refractivity contribution in [3.63, 3.8) is 0 Å². The first-order chi connectivity index (χ1) is 8.65. The van der Waals surface area contributed by atoms with E-state index in [0.29, 0.717) is 13.0 Å². The lowest BCUT2D eigenvalue weighted by molar-refractivity contribution is -0.129. The monoisotopic (exact) mass is 289 g/mol. The van der Waals surface area contributed by atoms with E-state index in [1.54, 1.807) is 0 Å². The van der Waals surface area contributed by atoms with Gasteiger partial charge in [0.1, 0.15) is 0 Å². The van der Waals surface area contributed by atoms with E-state index in [1.807, 2.05) is 4.90 Å². The average Bonchev–Trinajstić information content (AvgIpc) is 2.80. The second kappa shape index (κ2) is 6.15. The summed E-state index contributed by atoms with van der Waals surface area (Å²) in [6.45, 7) is 2.18. The van der Waals surface area contributed by atoms with E-state index in [-0.39, 0.29) is 22.4 Å². The van der Waals surface area contributed by atoms with E-state index >= 15 is 0 Å². The van der Waals surface area contributed by atoms with Crippen LogP contribution in [0.2, 0.25) is 10.6 Å². The molecule has 0 aromatic carbocycles. The minimum absolute atomic E-state index is 0.0309. The molecule has 18 heavy (non-hydrogen) atoms. The summed E-state index contributed by atoms with van der Waals surface area (Å²) < 4.78 is 0. The van der Waals surface area contributed by atoms with Crippen LogP contribution in [-0.4, -0.2) is 45.4 Å². The molecule has 1 aromatic heterocycles. The number of amides is 1. The van der Waals surface area contributed by atoms with Gasteiger partial charge in [-0.3, -0.25) is 4.79 Å². The number of nitrogens with zero attached hydrogens (tertiary/aromatic N) is 4. The van der Waals surface area contributed by atoms with Crippen LogP contribution in [0.5, 0.6) is 0 Å². The number of nitrogens with one attached hydrogen (secondary N) is 1. The summed E-state index contributed by atoms with van der Waals surface area (Å²) in [6, 6.07) is 0. The summed E-state index contributed by atoms with van der Waals surface area (Å²) in [7, 11) is 0. The number of anilines is 1. The van der Waals surface area contributed by atoms with Crippen molar-refractivity contribution in [3.05, 3.63) is 10.6 Å². The van der Waals surface area contributed by atoms with Crippen molar-refractivity contribution in [2.75, 3.05) is 25.0 Å². The second-order valence-corrected chi connectivity index (χ2v) is 4.64. The molecule has 2 heterocycles. The van der Waals surface area contributed by atoms with E-state index in [9.17, 15) is 4.79 Å². The molecule has 6 nitrogen and oxygen atoms in total. The second-order valence-electron chi connectivity index (χ2n) is 3.96. The molecule has 1 aromatic rings. The molecule has 0 bridgehead atoms. The van der Waals surface area contributed by atoms with Gasteiger partial charge in [0.2, 0.25) is 22.4 Å². The maximum absolute atomic E-state index is 11.8. The fourth-order valence-electron chi connectivity index (χ4n) is 1.81. The van der Waals surface area contributed by atoms with Gasteiger partial charge in [-0.2, -0.15) is 15.0 Å². The zero-order chi connectivity index (χ0) is 13.0. The first-order valence-electron chi connectivity index (χ1n) is 5.74. The van der Waals surface area contributed by atoms with Gasteiger partial charge in [-0.25, -0.2) is 0 Å². The largest absolute Gasteiger partial charge is 0.354 e. The Hall–Kier alpha value is -1.14. The molecule has 1 N–H and O–H groups in total. The highest BCUT2D eigenvalue weighted by Crippen LogP contribution is 2.11. The van der Waals surface area contributed by atoms with Crippen LogP contribution in [0.15, 0.2) is 0 Å². The Morgan fingerprint density at radius 2 is 1.78 bits per heavy atom. The van der Waals surface area contributed by atoms with Crippen LogP contribution >= 0.6 is 23.2 Å². The van der Waals surface area contributed by atoms with Gasteiger partial charge in [-0.15, -0.1) is 0 Å². The minimum Gasteiger partial charge on any atom is -0.354 e. The molecular formula is C10H13Cl2N5O. The van der Waals surface area contributed by atoms with E-state index in [1.165, 1.54) is 0 Å². The SMILES string of the molecule is O=C(CCNc1nc(Cl)nc(Cl)n1)N1CCCC1. The number of hydrogen-bond acceptors (Lipinski definition) is 5. The van der Waals surface area contributed by atoms with Crippen molar-refractivity contribution in [1.82, 2.24) is 19.9 Å². The molecule has 1 saturated heterocycles. The highest BCUT2D eigenvalue weighted by molar-refractivity contribution is 6.31. The van der Waals surface area contributed by atoms with Crippen molar-refractivity contribution < 1.29 is 4.79 Å². The van der Waals surface area contributed by atoms with Crippen LogP contribution in [-0.2, 0) is 4.79 Å². The molecule has 0 radical (unpaired) electrons. The number of hydrogen-bond donors (Lipinski definition) is 1. The zero-order valence-corrected chi connectivity index (χ0v) is 11.2. The molecule has 0 atom stereocenters. The van der Waals surface area contributed by atoms with Crippen molar-refractivity contribution >= 4 is 35.1 Å². The number of carbonyl (C=O) groups is 1. The summed E-state index contributed by atoms with van der Waals surface area (Å²) in [5, 5.41) is 2.96. The van der Waals surface area contributed by atoms with E-state index in [2.05, 4.69) is 20.3 Å². The van der Waals surface area contributed by atoms with Gasteiger partial charge >= 0.3 is 0 Å².